The van der Waals surface area contributed by atoms with Crippen molar-refractivity contribution < 1.29 is 18.0 Å². The van der Waals surface area contributed by atoms with Crippen molar-refractivity contribution in [3.8, 4) is 0 Å². The van der Waals surface area contributed by atoms with Gasteiger partial charge in [0.1, 0.15) is 0 Å². The van der Waals surface area contributed by atoms with E-state index in [4.69, 9.17) is 4.42 Å². The summed E-state index contributed by atoms with van der Waals surface area (Å²) in [5.74, 6) is -2.16. The van der Waals surface area contributed by atoms with Gasteiger partial charge in [-0.05, 0) is 31.4 Å². The van der Waals surface area contributed by atoms with E-state index >= 15 is 0 Å². The third-order valence-electron chi connectivity index (χ3n) is 4.80. The van der Waals surface area contributed by atoms with E-state index in [1.165, 1.54) is 12.3 Å². The van der Waals surface area contributed by atoms with Crippen molar-refractivity contribution in [2.75, 3.05) is 0 Å². The topological polar surface area (TPSA) is 60.1 Å². The van der Waals surface area contributed by atoms with Gasteiger partial charge in [0.2, 0.25) is 11.7 Å². The smallest absolute Gasteiger partial charge is 0.224 e. The number of rotatable bonds is 4. The summed E-state index contributed by atoms with van der Waals surface area (Å²) < 4.78 is 34.1. The summed E-state index contributed by atoms with van der Waals surface area (Å²) >= 11 is 0. The molecule has 1 amide bonds. The standard InChI is InChI=1S/C18H17F2N3O2/c19-13-5-4-12-11(9-25-18(12)17(13)20)8-16(24)22-14-2-1-3-15(14)23-7-6-21-10-23/h4-7,9-10,14-15H,1-3,8H2,(H,22,24)/t14-,15+/m1/s1. The average molecular weight is 345 g/mol. The number of hydrogen-bond acceptors (Lipinski definition) is 3. The van der Waals surface area contributed by atoms with Gasteiger partial charge in [0, 0.05) is 29.4 Å². The number of nitrogens with zero attached hydrogens (tertiary/aromatic N) is 2. The number of furan rings is 1. The first-order valence-corrected chi connectivity index (χ1v) is 8.24. The van der Waals surface area contributed by atoms with Crippen LogP contribution in [0.1, 0.15) is 30.9 Å². The summed E-state index contributed by atoms with van der Waals surface area (Å²) in [6.07, 6.45) is 9.68. The highest BCUT2D eigenvalue weighted by Gasteiger charge is 2.29. The minimum atomic E-state index is -1.03. The number of nitrogens with one attached hydrogen (secondary N) is 1. The number of halogens is 2. The Morgan fingerprint density at radius 3 is 3.04 bits per heavy atom. The average Bonchev–Trinajstić information content (AvgIpc) is 3.31. The van der Waals surface area contributed by atoms with Gasteiger partial charge in [-0.15, -0.1) is 0 Å². The van der Waals surface area contributed by atoms with E-state index in [9.17, 15) is 13.6 Å². The molecule has 2 atom stereocenters. The van der Waals surface area contributed by atoms with Crippen molar-refractivity contribution in [1.82, 2.24) is 14.9 Å². The molecular formula is C18H17F2N3O2. The van der Waals surface area contributed by atoms with Gasteiger partial charge in [0.05, 0.1) is 25.1 Å². The molecule has 130 valence electrons. The Morgan fingerprint density at radius 1 is 1.36 bits per heavy atom. The zero-order valence-corrected chi connectivity index (χ0v) is 13.4. The molecule has 0 radical (unpaired) electrons. The Hall–Kier alpha value is -2.70. The van der Waals surface area contributed by atoms with Gasteiger partial charge < -0.3 is 14.3 Å². The van der Waals surface area contributed by atoms with Crippen molar-refractivity contribution in [2.24, 2.45) is 0 Å². The third kappa shape index (κ3) is 2.90. The molecule has 1 aliphatic carbocycles. The predicted molar refractivity (Wildman–Crippen MR) is 86.9 cm³/mol. The summed E-state index contributed by atoms with van der Waals surface area (Å²) in [6, 6.07) is 2.71. The molecule has 1 N–H and O–H groups in total. The molecule has 2 heterocycles. The van der Waals surface area contributed by atoms with Gasteiger partial charge in [-0.25, -0.2) is 9.37 Å². The Kier molecular flexibility index (Phi) is 3.99. The lowest BCUT2D eigenvalue weighted by Gasteiger charge is -2.22. The minimum Gasteiger partial charge on any atom is -0.461 e. The predicted octanol–water partition coefficient (Wildman–Crippen LogP) is 3.36. The first kappa shape index (κ1) is 15.8. The molecule has 1 aromatic carbocycles. The molecule has 0 aliphatic heterocycles. The lowest BCUT2D eigenvalue weighted by molar-refractivity contribution is -0.121. The molecule has 0 unspecified atom stereocenters. The summed E-state index contributed by atoms with van der Waals surface area (Å²) in [5, 5.41) is 3.47. The number of carbonyl (C=O) groups is 1. The fourth-order valence-corrected chi connectivity index (χ4v) is 3.59. The van der Waals surface area contributed by atoms with Crippen LogP contribution in [0, 0.1) is 11.6 Å². The Labute approximate surface area is 142 Å². The van der Waals surface area contributed by atoms with Gasteiger partial charge in [0.25, 0.3) is 0 Å². The van der Waals surface area contributed by atoms with Crippen LogP contribution in [0.5, 0.6) is 0 Å². The molecule has 25 heavy (non-hydrogen) atoms. The molecule has 0 spiro atoms. The second-order valence-corrected chi connectivity index (χ2v) is 6.36. The third-order valence-corrected chi connectivity index (χ3v) is 4.80. The quantitative estimate of drug-likeness (QED) is 0.789. The van der Waals surface area contributed by atoms with Gasteiger partial charge in [-0.3, -0.25) is 4.79 Å². The molecule has 5 nitrogen and oxygen atoms in total. The molecule has 1 fully saturated rings. The van der Waals surface area contributed by atoms with E-state index in [0.29, 0.717) is 10.9 Å². The van der Waals surface area contributed by atoms with E-state index in [1.54, 1.807) is 12.5 Å². The Balaban J connectivity index is 1.48. The fourth-order valence-electron chi connectivity index (χ4n) is 3.59. The SMILES string of the molecule is O=C(Cc1coc2c(F)c(F)ccc12)N[C@@H]1CCC[C@@H]1n1ccnc1. The first-order chi connectivity index (χ1) is 12.1. The number of hydrogen-bond donors (Lipinski definition) is 1. The van der Waals surface area contributed by atoms with Crippen LogP contribution < -0.4 is 5.32 Å². The van der Waals surface area contributed by atoms with Crippen molar-refractivity contribution >= 4 is 16.9 Å². The van der Waals surface area contributed by atoms with Crippen LogP contribution >= 0.6 is 0 Å². The van der Waals surface area contributed by atoms with Crippen LogP contribution in [-0.4, -0.2) is 21.5 Å². The zero-order chi connectivity index (χ0) is 17.4. The molecular weight excluding hydrogens is 328 g/mol. The molecule has 7 heteroatoms. The van der Waals surface area contributed by atoms with Crippen molar-refractivity contribution in [1.29, 1.82) is 0 Å². The summed E-state index contributed by atoms with van der Waals surface area (Å²) in [4.78, 5) is 16.5. The summed E-state index contributed by atoms with van der Waals surface area (Å²) in [6.45, 7) is 0. The molecule has 1 aliphatic rings. The molecule has 0 saturated heterocycles. The molecule has 1 saturated carbocycles. The van der Waals surface area contributed by atoms with Gasteiger partial charge in [-0.1, -0.05) is 0 Å². The van der Waals surface area contributed by atoms with E-state index in [2.05, 4.69) is 10.3 Å². The van der Waals surface area contributed by atoms with Gasteiger partial charge >= 0.3 is 0 Å². The minimum absolute atomic E-state index is 0.0362. The Bertz CT molecular complexity index is 905. The second-order valence-electron chi connectivity index (χ2n) is 6.36. The van der Waals surface area contributed by atoms with Crippen LogP contribution in [0.3, 0.4) is 0 Å². The molecule has 3 aromatic rings. The van der Waals surface area contributed by atoms with Crippen molar-refractivity contribution in [3.05, 3.63) is 54.3 Å². The van der Waals surface area contributed by atoms with Crippen LogP contribution in [0.4, 0.5) is 8.78 Å². The zero-order valence-electron chi connectivity index (χ0n) is 13.4. The lowest BCUT2D eigenvalue weighted by atomic mass is 10.1. The molecule has 4 rings (SSSR count). The van der Waals surface area contributed by atoms with E-state index < -0.39 is 11.6 Å². The fraction of sp³-hybridized carbons (Fsp3) is 0.333. The monoisotopic (exact) mass is 345 g/mol. The summed E-state index contributed by atoms with van der Waals surface area (Å²) in [5.41, 5.74) is 0.392. The number of aromatic nitrogens is 2. The largest absolute Gasteiger partial charge is 0.461 e. The van der Waals surface area contributed by atoms with E-state index in [1.807, 2.05) is 10.8 Å². The second kappa shape index (κ2) is 6.31. The lowest BCUT2D eigenvalue weighted by Crippen LogP contribution is -2.38. The highest BCUT2D eigenvalue weighted by atomic mass is 19.2. The molecule has 0 bridgehead atoms. The van der Waals surface area contributed by atoms with E-state index in [0.717, 1.165) is 25.3 Å². The number of fused-ring (bicyclic) bond motifs is 1. The van der Waals surface area contributed by atoms with Crippen LogP contribution in [0.2, 0.25) is 0 Å². The maximum absolute atomic E-state index is 13.7. The number of carbonyl (C=O) groups excluding carboxylic acids is 1. The number of imidazole rings is 1. The van der Waals surface area contributed by atoms with Crippen molar-refractivity contribution in [2.45, 2.75) is 37.8 Å². The van der Waals surface area contributed by atoms with Crippen LogP contribution in [0.15, 0.2) is 41.5 Å². The summed E-state index contributed by atoms with van der Waals surface area (Å²) in [7, 11) is 0. The highest BCUT2D eigenvalue weighted by Crippen LogP contribution is 2.30. The van der Waals surface area contributed by atoms with Crippen molar-refractivity contribution in [3.63, 3.8) is 0 Å². The van der Waals surface area contributed by atoms with Gasteiger partial charge in [0.15, 0.2) is 11.4 Å². The van der Waals surface area contributed by atoms with Crippen LogP contribution in [0.25, 0.3) is 11.0 Å². The van der Waals surface area contributed by atoms with Crippen LogP contribution in [-0.2, 0) is 11.2 Å². The first-order valence-electron chi connectivity index (χ1n) is 8.24. The number of amides is 1. The highest BCUT2D eigenvalue weighted by molar-refractivity contribution is 5.88. The number of benzene rings is 1. The van der Waals surface area contributed by atoms with E-state index in [-0.39, 0.29) is 30.0 Å². The molecule has 2 aromatic heterocycles. The maximum Gasteiger partial charge on any atom is 0.224 e. The maximum atomic E-state index is 13.7. The normalized spacial score (nSPS) is 20.2. The van der Waals surface area contributed by atoms with Gasteiger partial charge in [-0.2, -0.15) is 4.39 Å². The Morgan fingerprint density at radius 2 is 2.24 bits per heavy atom.